The molecule has 0 spiro atoms. The number of hydrogen-bond acceptors (Lipinski definition) is 6. The van der Waals surface area contributed by atoms with Gasteiger partial charge in [-0.3, -0.25) is 0 Å². The van der Waals surface area contributed by atoms with Crippen molar-refractivity contribution in [2.45, 2.75) is 0 Å². The fourth-order valence-electron chi connectivity index (χ4n) is 0.0609. The summed E-state index contributed by atoms with van der Waals surface area (Å²) in [5, 5.41) is 7.81. The number of aliphatic hydroxyl groups excluding tert-OH is 1. The zero-order chi connectivity index (χ0) is 8.62. The van der Waals surface area contributed by atoms with E-state index in [0.29, 0.717) is 6.54 Å². The van der Waals surface area contributed by atoms with Crippen molar-refractivity contribution in [2.24, 2.45) is 5.73 Å². The van der Waals surface area contributed by atoms with Gasteiger partial charge in [-0.1, -0.05) is 0 Å². The average molecular weight is 174 g/mol. The Balaban J connectivity index is 0. The van der Waals surface area contributed by atoms with Crippen molar-refractivity contribution in [3.8, 4) is 0 Å². The van der Waals surface area contributed by atoms with Crippen LogP contribution >= 0.6 is 0 Å². The minimum absolute atomic E-state index is 0.413. The van der Waals surface area contributed by atoms with Crippen LogP contribution in [0.5, 0.6) is 0 Å². The van der Waals surface area contributed by atoms with E-state index >= 15 is 0 Å². The van der Waals surface area contributed by atoms with Crippen molar-refractivity contribution in [2.75, 3.05) is 6.54 Å². The first-order valence-electron chi connectivity index (χ1n) is 2.04. The molecule has 0 aliphatic carbocycles. The first-order valence-corrected chi connectivity index (χ1v) is 3.30. The lowest BCUT2D eigenvalue weighted by Crippen LogP contribution is -2.58. The predicted octanol–water partition coefficient (Wildman–Crippen LogP) is -4.11. The molecule has 7 heteroatoms. The van der Waals surface area contributed by atoms with E-state index in [1.807, 2.05) is 0 Å². The van der Waals surface area contributed by atoms with Crippen LogP contribution in [0.3, 0.4) is 0 Å². The highest BCUT2D eigenvalue weighted by molar-refractivity contribution is 4.70. The zero-order valence-corrected chi connectivity index (χ0v) is 5.69. The summed E-state index contributed by atoms with van der Waals surface area (Å²) in [7, 11) is -4.69. The summed E-state index contributed by atoms with van der Waals surface area (Å²) in [4.78, 5) is 0. The third kappa shape index (κ3) is 126. The fourth-order valence-corrected chi connectivity index (χ4v) is 0.0609. The van der Waals surface area contributed by atoms with Gasteiger partial charge in [-0.25, -0.2) is 0 Å². The quantitative estimate of drug-likeness (QED) is 0.345. The van der Waals surface area contributed by atoms with Crippen LogP contribution in [0, 0.1) is 10.2 Å². The Morgan fingerprint density at radius 1 is 1.40 bits per heavy atom. The van der Waals surface area contributed by atoms with Crippen LogP contribution in [0.15, 0.2) is 12.3 Å². The molecule has 0 amide bonds. The number of aliphatic hydroxyl groups is 1. The lowest BCUT2D eigenvalue weighted by atomic mass is 10.6. The van der Waals surface area contributed by atoms with Gasteiger partial charge in [0, 0.05) is 6.54 Å². The Bertz CT molecular complexity index is 83.4. The molecule has 0 aromatic rings. The van der Waals surface area contributed by atoms with Gasteiger partial charge in [0.1, 0.15) is 0 Å². The average Bonchev–Trinajstić information content (AvgIpc) is 1.63. The van der Waals surface area contributed by atoms with Gasteiger partial charge in [0.25, 0.3) is 0 Å². The molecule has 0 fully saturated rings. The van der Waals surface area contributed by atoms with E-state index < -0.39 is 10.2 Å². The van der Waals surface area contributed by atoms with Crippen molar-refractivity contribution in [3.63, 3.8) is 0 Å². The number of rotatable bonds is 1. The second-order valence-corrected chi connectivity index (χ2v) is 1.81. The molecule has 0 aliphatic rings. The predicted molar refractivity (Wildman–Crippen MR) is 23.0 cm³/mol. The van der Waals surface area contributed by atoms with Crippen molar-refractivity contribution in [1.82, 2.24) is 0 Å². The monoisotopic (exact) mass is 173 g/mol. The minimum atomic E-state index is -4.69. The van der Waals surface area contributed by atoms with Crippen molar-refractivity contribution < 1.29 is 34.0 Å². The van der Waals surface area contributed by atoms with Gasteiger partial charge >= 0.3 is 0 Å². The Morgan fingerprint density at radius 3 is 1.70 bits per heavy atom. The van der Waals surface area contributed by atoms with Crippen LogP contribution in [0.2, 0.25) is 0 Å². The molecule has 0 unspecified atom stereocenters. The van der Waals surface area contributed by atoms with Crippen molar-refractivity contribution in [3.05, 3.63) is 12.3 Å². The largest absolute Gasteiger partial charge is 0.516 e. The molecular weight excluding hydrogens is 165 g/mol. The second kappa shape index (κ2) is 6.75. The molecule has 0 bridgehead atoms. The van der Waals surface area contributed by atoms with Crippen LogP contribution in [0.1, 0.15) is 0 Å². The highest BCUT2D eigenvalue weighted by Crippen LogP contribution is 1.60. The summed E-state index contributed by atoms with van der Waals surface area (Å²) in [5.74, 6) is 0. The summed E-state index contributed by atoms with van der Waals surface area (Å²) in [5.41, 5.74) is 4.89. The van der Waals surface area contributed by atoms with Gasteiger partial charge in [-0.2, -0.15) is 14.0 Å². The highest BCUT2D eigenvalue weighted by Gasteiger charge is 1.98. The molecule has 4 N–H and O–H groups in total. The third-order valence-corrected chi connectivity index (χ3v) is 0.241. The number of halogens is 1. The van der Waals surface area contributed by atoms with E-state index in [-0.39, 0.29) is 0 Å². The molecule has 62 valence electrons. The maximum Gasteiger partial charge on any atom is 0.0777 e. The van der Waals surface area contributed by atoms with Crippen LogP contribution in [0.4, 0.5) is 0 Å². The Hall–Kier alpha value is -0.370. The van der Waals surface area contributed by atoms with E-state index in [1.165, 1.54) is 6.08 Å². The van der Waals surface area contributed by atoms with E-state index in [2.05, 4.69) is 0 Å². The normalized spacial score (nSPS) is 10.9. The van der Waals surface area contributed by atoms with E-state index in [4.69, 9.17) is 29.5 Å². The summed E-state index contributed by atoms with van der Waals surface area (Å²) in [6, 6.07) is 0. The Morgan fingerprint density at radius 2 is 1.70 bits per heavy atom. The molecule has 10 heavy (non-hydrogen) atoms. The topological polar surface area (TPSA) is 136 Å². The number of hydrogen-bond donors (Lipinski definition) is 3. The summed E-state index contributed by atoms with van der Waals surface area (Å²) >= 11 is 0. The van der Waals surface area contributed by atoms with Crippen LogP contribution in [-0.2, 0) is 0 Å². The zero-order valence-electron chi connectivity index (χ0n) is 4.94. The Kier molecular flexibility index (Phi) is 8.31. The Labute approximate surface area is 59.6 Å². The van der Waals surface area contributed by atoms with E-state index in [9.17, 15) is 0 Å². The SMILES string of the molecule is NCC=CO.[O-][Cl+3]([O-])([O-])O. The maximum atomic E-state index is 8.60. The highest BCUT2D eigenvalue weighted by atomic mass is 35.7. The van der Waals surface area contributed by atoms with Crippen molar-refractivity contribution >= 4 is 0 Å². The molecular formula is C3H8ClNO5. The molecule has 0 heterocycles. The standard InChI is InChI=1S/C3H7NO.ClHO4/c4-2-1-3-5;2-1(3,4)5/h1,3,5H,2,4H2;(H,2,3,4,5). The summed E-state index contributed by atoms with van der Waals surface area (Å²) in [6.45, 7) is 0.413. The molecule has 6 nitrogen and oxygen atoms in total. The van der Waals surface area contributed by atoms with Crippen LogP contribution < -0.4 is 19.7 Å². The molecule has 0 atom stereocenters. The third-order valence-electron chi connectivity index (χ3n) is 0.241. The maximum absolute atomic E-state index is 8.60. The fraction of sp³-hybridized carbons (Fsp3) is 0.333. The van der Waals surface area contributed by atoms with Crippen LogP contribution in [0.25, 0.3) is 0 Å². The summed E-state index contributed by atoms with van der Waals surface area (Å²) < 4.78 is 32.7. The van der Waals surface area contributed by atoms with Crippen molar-refractivity contribution in [1.29, 1.82) is 0 Å². The molecule has 0 rings (SSSR count). The lowest BCUT2D eigenvalue weighted by molar-refractivity contribution is -1.92. The second-order valence-electron chi connectivity index (χ2n) is 1.02. The number of nitrogens with two attached hydrogens (primary N) is 1. The minimum Gasteiger partial charge on any atom is -0.516 e. The van der Waals surface area contributed by atoms with Gasteiger partial charge in [-0.15, -0.1) is 0 Å². The van der Waals surface area contributed by atoms with Gasteiger partial charge < -0.3 is 10.8 Å². The molecule has 0 saturated carbocycles. The first-order chi connectivity index (χ1) is 4.41. The van der Waals surface area contributed by atoms with Crippen LogP contribution in [-0.4, -0.2) is 16.3 Å². The van der Waals surface area contributed by atoms with Gasteiger partial charge in [0.2, 0.25) is 0 Å². The van der Waals surface area contributed by atoms with Gasteiger partial charge in [-0.05, 0) is 6.08 Å². The molecule has 0 aromatic carbocycles. The molecule has 0 radical (unpaired) electrons. The first kappa shape index (κ1) is 12.3. The summed E-state index contributed by atoms with van der Waals surface area (Å²) in [6.07, 6.45) is 2.39. The van der Waals surface area contributed by atoms with Gasteiger partial charge in [0.15, 0.2) is 0 Å². The lowest BCUT2D eigenvalue weighted by Gasteiger charge is -2.03. The van der Waals surface area contributed by atoms with E-state index in [0.717, 1.165) is 6.26 Å². The van der Waals surface area contributed by atoms with Gasteiger partial charge in [0.05, 0.1) is 21.2 Å². The molecule has 0 aliphatic heterocycles. The van der Waals surface area contributed by atoms with E-state index in [1.54, 1.807) is 0 Å². The molecule has 0 aromatic heterocycles. The molecule has 0 saturated heterocycles. The smallest absolute Gasteiger partial charge is 0.0777 e.